The Balaban J connectivity index is 1.81. The lowest BCUT2D eigenvalue weighted by Crippen LogP contribution is -2.09. The summed E-state index contributed by atoms with van der Waals surface area (Å²) in [6.45, 7) is 0.585. The van der Waals surface area contributed by atoms with Gasteiger partial charge in [0.25, 0.3) is 0 Å². The summed E-state index contributed by atoms with van der Waals surface area (Å²) < 4.78 is 16.6. The van der Waals surface area contributed by atoms with E-state index in [2.05, 4.69) is 17.1 Å². The second kappa shape index (κ2) is 7.86. The largest absolute Gasteiger partial charge is 0.496 e. The lowest BCUT2D eigenvalue weighted by Gasteiger charge is -2.22. The van der Waals surface area contributed by atoms with Crippen LogP contribution in [0, 0.1) is 0 Å². The van der Waals surface area contributed by atoms with Gasteiger partial charge in [-0.25, -0.2) is 4.98 Å². The van der Waals surface area contributed by atoms with Crippen molar-refractivity contribution in [1.82, 2.24) is 4.98 Å². The minimum absolute atomic E-state index is 0.585. The van der Waals surface area contributed by atoms with Crippen molar-refractivity contribution in [3.05, 3.63) is 53.7 Å². The van der Waals surface area contributed by atoms with Crippen molar-refractivity contribution in [2.75, 3.05) is 20.8 Å². The molecule has 1 aliphatic carbocycles. The average Bonchev–Trinajstić information content (AvgIpc) is 2.67. The van der Waals surface area contributed by atoms with Crippen LogP contribution in [0.2, 0.25) is 0 Å². The van der Waals surface area contributed by atoms with E-state index >= 15 is 0 Å². The molecule has 0 fully saturated rings. The number of nitrogens with zero attached hydrogens (tertiary/aromatic N) is 1. The summed E-state index contributed by atoms with van der Waals surface area (Å²) in [5.74, 6) is 2.28. The van der Waals surface area contributed by atoms with Crippen molar-refractivity contribution in [2.24, 2.45) is 0 Å². The number of pyridine rings is 1. The van der Waals surface area contributed by atoms with Gasteiger partial charge in [-0.1, -0.05) is 18.2 Å². The number of benzene rings is 1. The molecule has 0 saturated carbocycles. The highest BCUT2D eigenvalue weighted by Crippen LogP contribution is 2.36. The molecule has 3 rings (SSSR count). The van der Waals surface area contributed by atoms with Crippen LogP contribution >= 0.6 is 0 Å². The van der Waals surface area contributed by atoms with Gasteiger partial charge in [0, 0.05) is 11.6 Å². The van der Waals surface area contributed by atoms with Gasteiger partial charge < -0.3 is 14.2 Å². The molecule has 0 radical (unpaired) electrons. The van der Waals surface area contributed by atoms with Crippen LogP contribution < -0.4 is 14.2 Å². The monoisotopic (exact) mass is 325 g/mol. The van der Waals surface area contributed by atoms with Crippen molar-refractivity contribution in [1.29, 1.82) is 0 Å². The first kappa shape index (κ1) is 16.4. The third-order valence-corrected chi connectivity index (χ3v) is 4.35. The minimum Gasteiger partial charge on any atom is -0.496 e. The molecular formula is C20H23NO3. The SMILES string of the molecule is COc1ccc(OCC2=C(c3ccccc3OC)CCCC2)cn1. The van der Waals surface area contributed by atoms with Gasteiger partial charge in [0.1, 0.15) is 18.1 Å². The van der Waals surface area contributed by atoms with E-state index in [0.717, 1.165) is 24.3 Å². The fraction of sp³-hybridized carbons (Fsp3) is 0.350. The van der Waals surface area contributed by atoms with Gasteiger partial charge >= 0.3 is 0 Å². The van der Waals surface area contributed by atoms with Crippen LogP contribution in [0.5, 0.6) is 17.4 Å². The zero-order valence-electron chi connectivity index (χ0n) is 14.2. The topological polar surface area (TPSA) is 40.6 Å². The first-order valence-corrected chi connectivity index (χ1v) is 8.29. The summed E-state index contributed by atoms with van der Waals surface area (Å²) >= 11 is 0. The molecule has 0 spiro atoms. The zero-order chi connectivity index (χ0) is 16.8. The van der Waals surface area contributed by atoms with E-state index in [1.807, 2.05) is 24.3 Å². The van der Waals surface area contributed by atoms with Gasteiger partial charge in [-0.15, -0.1) is 0 Å². The van der Waals surface area contributed by atoms with Gasteiger partial charge in [-0.05, 0) is 49.0 Å². The van der Waals surface area contributed by atoms with Crippen LogP contribution in [-0.2, 0) is 0 Å². The van der Waals surface area contributed by atoms with Crippen LogP contribution in [0.4, 0.5) is 0 Å². The first-order valence-electron chi connectivity index (χ1n) is 8.29. The maximum absolute atomic E-state index is 5.95. The number of rotatable bonds is 6. The van der Waals surface area contributed by atoms with E-state index in [-0.39, 0.29) is 0 Å². The molecule has 1 aliphatic rings. The predicted octanol–water partition coefficient (Wildman–Crippen LogP) is 4.51. The van der Waals surface area contributed by atoms with Crippen LogP contribution in [0.1, 0.15) is 31.2 Å². The molecule has 2 aromatic rings. The Morgan fingerprint density at radius 3 is 2.54 bits per heavy atom. The zero-order valence-corrected chi connectivity index (χ0v) is 14.2. The molecule has 1 aromatic heterocycles. The highest BCUT2D eigenvalue weighted by molar-refractivity contribution is 5.74. The molecule has 0 amide bonds. The Bertz CT molecular complexity index is 707. The van der Waals surface area contributed by atoms with Crippen LogP contribution in [0.3, 0.4) is 0 Å². The molecule has 0 aliphatic heterocycles. The Hall–Kier alpha value is -2.49. The van der Waals surface area contributed by atoms with Crippen molar-refractivity contribution >= 4 is 5.57 Å². The molecule has 1 aromatic carbocycles. The Labute approximate surface area is 143 Å². The molecular weight excluding hydrogens is 302 g/mol. The van der Waals surface area contributed by atoms with Crippen LogP contribution in [0.25, 0.3) is 5.57 Å². The summed E-state index contributed by atoms with van der Waals surface area (Å²) in [7, 11) is 3.33. The number of hydrogen-bond acceptors (Lipinski definition) is 4. The number of allylic oxidation sites excluding steroid dienone is 1. The molecule has 4 nitrogen and oxygen atoms in total. The van der Waals surface area contributed by atoms with Gasteiger partial charge in [-0.3, -0.25) is 0 Å². The maximum Gasteiger partial charge on any atom is 0.213 e. The van der Waals surface area contributed by atoms with Crippen molar-refractivity contribution in [3.8, 4) is 17.4 Å². The Kier molecular flexibility index (Phi) is 5.36. The molecule has 0 N–H and O–H groups in total. The summed E-state index contributed by atoms with van der Waals surface area (Å²) in [4.78, 5) is 4.18. The van der Waals surface area contributed by atoms with Crippen LogP contribution in [0.15, 0.2) is 48.2 Å². The van der Waals surface area contributed by atoms with Gasteiger partial charge in [-0.2, -0.15) is 0 Å². The smallest absolute Gasteiger partial charge is 0.213 e. The first-order chi connectivity index (χ1) is 11.8. The second-order valence-corrected chi connectivity index (χ2v) is 5.81. The van der Waals surface area contributed by atoms with E-state index in [0.29, 0.717) is 12.5 Å². The normalized spacial score (nSPS) is 14.4. The van der Waals surface area contributed by atoms with Crippen LogP contribution in [-0.4, -0.2) is 25.8 Å². The van der Waals surface area contributed by atoms with Crippen molar-refractivity contribution < 1.29 is 14.2 Å². The fourth-order valence-electron chi connectivity index (χ4n) is 3.09. The van der Waals surface area contributed by atoms with E-state index in [4.69, 9.17) is 14.2 Å². The quantitative estimate of drug-likeness (QED) is 0.784. The number of aromatic nitrogens is 1. The maximum atomic E-state index is 5.95. The fourth-order valence-corrected chi connectivity index (χ4v) is 3.09. The van der Waals surface area contributed by atoms with Gasteiger partial charge in [0.2, 0.25) is 5.88 Å². The number of methoxy groups -OCH3 is 2. The summed E-state index contributed by atoms with van der Waals surface area (Å²) in [5.41, 5.74) is 3.90. The number of ether oxygens (including phenoxy) is 3. The minimum atomic E-state index is 0.585. The summed E-state index contributed by atoms with van der Waals surface area (Å²) in [6.07, 6.45) is 6.25. The molecule has 0 bridgehead atoms. The second-order valence-electron chi connectivity index (χ2n) is 5.81. The molecule has 24 heavy (non-hydrogen) atoms. The number of hydrogen-bond donors (Lipinski definition) is 0. The van der Waals surface area contributed by atoms with E-state index in [1.165, 1.54) is 29.6 Å². The number of para-hydroxylation sites is 1. The van der Waals surface area contributed by atoms with E-state index in [1.54, 1.807) is 20.4 Å². The Morgan fingerprint density at radius 2 is 1.79 bits per heavy atom. The molecule has 126 valence electrons. The molecule has 0 atom stereocenters. The van der Waals surface area contributed by atoms with Gasteiger partial charge in [0.05, 0.1) is 20.4 Å². The highest BCUT2D eigenvalue weighted by atomic mass is 16.5. The standard InChI is InChI=1S/C20H23NO3/c1-22-19-10-6-5-9-18(19)17-8-4-3-7-15(17)14-24-16-11-12-20(23-2)21-13-16/h5-6,9-13H,3-4,7-8,14H2,1-2H3. The lowest BCUT2D eigenvalue weighted by atomic mass is 9.87. The van der Waals surface area contributed by atoms with E-state index < -0.39 is 0 Å². The molecule has 0 saturated heterocycles. The highest BCUT2D eigenvalue weighted by Gasteiger charge is 2.17. The molecule has 4 heteroatoms. The van der Waals surface area contributed by atoms with E-state index in [9.17, 15) is 0 Å². The predicted molar refractivity (Wildman–Crippen MR) is 94.7 cm³/mol. The Morgan fingerprint density at radius 1 is 0.958 bits per heavy atom. The summed E-state index contributed by atoms with van der Waals surface area (Å²) in [5, 5.41) is 0. The third-order valence-electron chi connectivity index (χ3n) is 4.35. The lowest BCUT2D eigenvalue weighted by molar-refractivity contribution is 0.340. The summed E-state index contributed by atoms with van der Waals surface area (Å²) in [6, 6.07) is 11.9. The van der Waals surface area contributed by atoms with Gasteiger partial charge in [0.15, 0.2) is 0 Å². The average molecular weight is 325 g/mol. The van der Waals surface area contributed by atoms with Crippen molar-refractivity contribution in [2.45, 2.75) is 25.7 Å². The third kappa shape index (κ3) is 3.70. The molecule has 1 heterocycles. The van der Waals surface area contributed by atoms with Crippen molar-refractivity contribution in [3.63, 3.8) is 0 Å². The molecule has 0 unspecified atom stereocenters.